The maximum Gasteiger partial charge on any atom is 0.260 e. The molecule has 1 aromatic heterocycles. The van der Waals surface area contributed by atoms with E-state index in [0.29, 0.717) is 12.4 Å². The van der Waals surface area contributed by atoms with Crippen molar-refractivity contribution in [3.8, 4) is 11.6 Å². The topological polar surface area (TPSA) is 56.1 Å². The first kappa shape index (κ1) is 15.1. The van der Waals surface area contributed by atoms with Crippen molar-refractivity contribution in [2.45, 2.75) is 32.8 Å². The minimum atomic E-state index is -0.555. The number of hydrogen-bond donors (Lipinski definition) is 1. The van der Waals surface area contributed by atoms with Crippen molar-refractivity contribution in [1.82, 2.24) is 15.1 Å². The Hall–Kier alpha value is -2.30. The smallest absolute Gasteiger partial charge is 0.260 e. The van der Waals surface area contributed by atoms with E-state index in [2.05, 4.69) is 17.3 Å². The van der Waals surface area contributed by atoms with E-state index < -0.39 is 6.10 Å². The number of nitrogens with zero attached hydrogens (tertiary/aromatic N) is 2. The van der Waals surface area contributed by atoms with Crippen LogP contribution in [0.15, 0.2) is 42.6 Å². The summed E-state index contributed by atoms with van der Waals surface area (Å²) >= 11 is 0. The molecule has 2 rings (SSSR count). The third kappa shape index (κ3) is 4.34. The van der Waals surface area contributed by atoms with Crippen LogP contribution < -0.4 is 10.1 Å². The Kier molecular flexibility index (Phi) is 5.37. The maximum absolute atomic E-state index is 11.8. The van der Waals surface area contributed by atoms with Crippen LogP contribution in [0.25, 0.3) is 5.69 Å². The summed E-state index contributed by atoms with van der Waals surface area (Å²) in [6, 6.07) is 11.5. The van der Waals surface area contributed by atoms with Crippen LogP contribution >= 0.6 is 0 Å². The van der Waals surface area contributed by atoms with Crippen molar-refractivity contribution in [2.24, 2.45) is 0 Å². The van der Waals surface area contributed by atoms with Crippen molar-refractivity contribution in [1.29, 1.82) is 0 Å². The molecule has 21 heavy (non-hydrogen) atoms. The number of ether oxygens (including phenoxy) is 1. The number of carbonyl (C=O) groups excluding carboxylic acids is 1. The minimum absolute atomic E-state index is 0.113. The highest BCUT2D eigenvalue weighted by Gasteiger charge is 2.15. The Morgan fingerprint density at radius 3 is 2.81 bits per heavy atom. The molecule has 1 heterocycles. The molecular weight excluding hydrogens is 266 g/mol. The van der Waals surface area contributed by atoms with Crippen LogP contribution in [0.1, 0.15) is 26.7 Å². The van der Waals surface area contributed by atoms with Crippen LogP contribution in [0.4, 0.5) is 0 Å². The number of carbonyl (C=O) groups is 1. The normalized spacial score (nSPS) is 11.9. The summed E-state index contributed by atoms with van der Waals surface area (Å²) in [7, 11) is 0. The Labute approximate surface area is 124 Å². The lowest BCUT2D eigenvalue weighted by Crippen LogP contribution is -2.36. The largest absolute Gasteiger partial charge is 0.463 e. The van der Waals surface area contributed by atoms with Crippen molar-refractivity contribution in [3.05, 3.63) is 42.6 Å². The van der Waals surface area contributed by atoms with Gasteiger partial charge in [-0.2, -0.15) is 0 Å². The Morgan fingerprint density at radius 1 is 1.33 bits per heavy atom. The monoisotopic (exact) mass is 287 g/mol. The Balaban J connectivity index is 1.91. The van der Waals surface area contributed by atoms with Gasteiger partial charge in [0.25, 0.3) is 5.91 Å². The number of amides is 1. The van der Waals surface area contributed by atoms with Crippen LogP contribution in [0, 0.1) is 0 Å². The van der Waals surface area contributed by atoms with Gasteiger partial charge in [-0.25, -0.2) is 4.68 Å². The van der Waals surface area contributed by atoms with Gasteiger partial charge in [0.05, 0.1) is 5.69 Å². The number of unbranched alkanes of at least 4 members (excludes halogenated alkanes) is 1. The molecule has 1 N–H and O–H groups in total. The molecule has 112 valence electrons. The SMILES string of the molecule is CCCCNC(=O)[C@@H](C)Oc1ccn(-c2ccccc2)n1. The molecule has 0 spiro atoms. The van der Waals surface area contributed by atoms with E-state index in [1.165, 1.54) is 0 Å². The predicted molar refractivity (Wildman–Crippen MR) is 81.6 cm³/mol. The maximum atomic E-state index is 11.8. The Bertz CT molecular complexity index is 566. The number of para-hydroxylation sites is 1. The highest BCUT2D eigenvalue weighted by atomic mass is 16.5. The van der Waals surface area contributed by atoms with Crippen LogP contribution in [-0.4, -0.2) is 28.3 Å². The highest BCUT2D eigenvalue weighted by Crippen LogP contribution is 2.13. The number of benzene rings is 1. The second-order valence-corrected chi connectivity index (χ2v) is 4.84. The molecule has 2 aromatic rings. The van der Waals surface area contributed by atoms with Crippen LogP contribution in [0.2, 0.25) is 0 Å². The van der Waals surface area contributed by atoms with Gasteiger partial charge in [-0.3, -0.25) is 4.79 Å². The number of nitrogens with one attached hydrogen (secondary N) is 1. The third-order valence-electron chi connectivity index (χ3n) is 3.08. The molecule has 0 bridgehead atoms. The van der Waals surface area contributed by atoms with Crippen molar-refractivity contribution >= 4 is 5.91 Å². The fourth-order valence-corrected chi connectivity index (χ4v) is 1.86. The zero-order valence-electron chi connectivity index (χ0n) is 12.5. The van der Waals surface area contributed by atoms with Crippen LogP contribution in [0.5, 0.6) is 5.88 Å². The zero-order valence-corrected chi connectivity index (χ0v) is 12.5. The van der Waals surface area contributed by atoms with Gasteiger partial charge in [0.1, 0.15) is 0 Å². The number of hydrogen-bond acceptors (Lipinski definition) is 3. The molecule has 5 nitrogen and oxygen atoms in total. The molecule has 0 aliphatic rings. The third-order valence-corrected chi connectivity index (χ3v) is 3.08. The lowest BCUT2D eigenvalue weighted by molar-refractivity contribution is -0.127. The van der Waals surface area contributed by atoms with E-state index in [4.69, 9.17) is 4.74 Å². The van der Waals surface area contributed by atoms with Gasteiger partial charge in [-0.15, -0.1) is 5.10 Å². The molecule has 0 unspecified atom stereocenters. The average Bonchev–Trinajstić information content (AvgIpc) is 2.97. The van der Waals surface area contributed by atoms with Gasteiger partial charge >= 0.3 is 0 Å². The van der Waals surface area contributed by atoms with Crippen molar-refractivity contribution < 1.29 is 9.53 Å². The molecule has 5 heteroatoms. The standard InChI is InChI=1S/C16H21N3O2/c1-3-4-11-17-16(20)13(2)21-15-10-12-19(18-15)14-8-6-5-7-9-14/h5-10,12-13H,3-4,11H2,1-2H3,(H,17,20)/t13-/m1/s1. The second-order valence-electron chi connectivity index (χ2n) is 4.84. The predicted octanol–water partition coefficient (Wildman–Crippen LogP) is 2.56. The van der Waals surface area contributed by atoms with Gasteiger partial charge in [-0.05, 0) is 25.5 Å². The molecule has 0 saturated carbocycles. The van der Waals surface area contributed by atoms with E-state index in [9.17, 15) is 4.79 Å². The molecule has 0 radical (unpaired) electrons. The summed E-state index contributed by atoms with van der Waals surface area (Å²) in [6.07, 6.45) is 3.28. The molecule has 1 atom stereocenters. The van der Waals surface area contributed by atoms with E-state index >= 15 is 0 Å². The van der Waals surface area contributed by atoms with Gasteiger partial charge in [-0.1, -0.05) is 31.5 Å². The molecule has 0 saturated heterocycles. The van der Waals surface area contributed by atoms with Gasteiger partial charge in [0, 0.05) is 18.8 Å². The summed E-state index contributed by atoms with van der Waals surface area (Å²) in [5.41, 5.74) is 0.951. The van der Waals surface area contributed by atoms with Gasteiger partial charge in [0.15, 0.2) is 6.10 Å². The number of rotatable bonds is 7. The molecule has 0 aliphatic carbocycles. The van der Waals surface area contributed by atoms with Crippen LogP contribution in [0.3, 0.4) is 0 Å². The minimum Gasteiger partial charge on any atom is -0.463 e. The van der Waals surface area contributed by atoms with E-state index in [-0.39, 0.29) is 5.91 Å². The molecule has 0 aliphatic heterocycles. The lowest BCUT2D eigenvalue weighted by Gasteiger charge is -2.12. The van der Waals surface area contributed by atoms with Crippen LogP contribution in [-0.2, 0) is 4.79 Å². The summed E-state index contributed by atoms with van der Waals surface area (Å²) in [5, 5.41) is 7.16. The van der Waals surface area contributed by atoms with E-state index in [0.717, 1.165) is 18.5 Å². The molecule has 1 amide bonds. The van der Waals surface area contributed by atoms with E-state index in [1.807, 2.05) is 36.5 Å². The fourth-order valence-electron chi connectivity index (χ4n) is 1.86. The first-order chi connectivity index (χ1) is 10.2. The quantitative estimate of drug-likeness (QED) is 0.796. The summed E-state index contributed by atoms with van der Waals surface area (Å²) in [4.78, 5) is 11.8. The summed E-state index contributed by atoms with van der Waals surface area (Å²) in [6.45, 7) is 4.49. The molecular formula is C16H21N3O2. The second kappa shape index (κ2) is 7.47. The lowest BCUT2D eigenvalue weighted by atomic mass is 10.3. The first-order valence-corrected chi connectivity index (χ1v) is 7.26. The zero-order chi connectivity index (χ0) is 15.1. The van der Waals surface area contributed by atoms with E-state index in [1.54, 1.807) is 17.7 Å². The first-order valence-electron chi connectivity index (χ1n) is 7.26. The summed E-state index contributed by atoms with van der Waals surface area (Å²) < 4.78 is 7.28. The van der Waals surface area contributed by atoms with Crippen molar-refractivity contribution in [2.75, 3.05) is 6.54 Å². The van der Waals surface area contributed by atoms with Gasteiger partial charge in [0.2, 0.25) is 5.88 Å². The number of aromatic nitrogens is 2. The fraction of sp³-hybridized carbons (Fsp3) is 0.375. The summed E-state index contributed by atoms with van der Waals surface area (Å²) in [5.74, 6) is 0.328. The molecule has 0 fully saturated rings. The van der Waals surface area contributed by atoms with Crippen molar-refractivity contribution in [3.63, 3.8) is 0 Å². The van der Waals surface area contributed by atoms with Gasteiger partial charge < -0.3 is 10.1 Å². The average molecular weight is 287 g/mol. The highest BCUT2D eigenvalue weighted by molar-refractivity contribution is 5.80. The Morgan fingerprint density at radius 2 is 2.10 bits per heavy atom. The molecule has 1 aromatic carbocycles.